The van der Waals surface area contributed by atoms with Crippen LogP contribution in [0.2, 0.25) is 0 Å². The smallest absolute Gasteiger partial charge is 0.233 e. The highest BCUT2D eigenvalue weighted by atomic mass is 16.3. The molecule has 1 aliphatic rings. The lowest BCUT2D eigenvalue weighted by Gasteiger charge is -2.06. The molecule has 3 rings (SSSR count). The first-order valence-corrected chi connectivity index (χ1v) is 6.00. The summed E-state index contributed by atoms with van der Waals surface area (Å²) in [7, 11) is 0. The van der Waals surface area contributed by atoms with E-state index < -0.39 is 11.6 Å². The third-order valence-corrected chi connectivity index (χ3v) is 2.71. The van der Waals surface area contributed by atoms with Crippen molar-refractivity contribution in [3.63, 3.8) is 0 Å². The van der Waals surface area contributed by atoms with Crippen LogP contribution in [0.4, 0.5) is 0 Å². The van der Waals surface area contributed by atoms with Gasteiger partial charge in [0.2, 0.25) is 11.6 Å². The zero-order chi connectivity index (χ0) is 14.5. The second kappa shape index (κ2) is 5.93. The van der Waals surface area contributed by atoms with Gasteiger partial charge in [-0.25, -0.2) is 0 Å². The Balaban J connectivity index is 0.000000160. The summed E-state index contributed by atoms with van der Waals surface area (Å²) in [6, 6.07) is 10.4. The van der Waals surface area contributed by atoms with Crippen LogP contribution >= 0.6 is 0 Å². The summed E-state index contributed by atoms with van der Waals surface area (Å²) in [4.78, 5) is 32.5. The van der Waals surface area contributed by atoms with Gasteiger partial charge < -0.3 is 4.42 Å². The minimum atomic E-state index is -0.436. The van der Waals surface area contributed by atoms with E-state index in [4.69, 9.17) is 4.42 Å². The lowest BCUT2D eigenvalue weighted by atomic mass is 9.96. The SMILES string of the molecule is CC(=O)c1ccco1.O=C1C=Cc2ccccc2C1=O. The van der Waals surface area contributed by atoms with Crippen LogP contribution in [0.1, 0.15) is 33.4 Å². The Kier molecular flexibility index (Phi) is 4.05. The van der Waals surface area contributed by atoms with E-state index in [1.165, 1.54) is 19.3 Å². The molecule has 0 fully saturated rings. The summed E-state index contributed by atoms with van der Waals surface area (Å²) in [6.45, 7) is 1.47. The first kappa shape index (κ1) is 13.7. The third-order valence-electron chi connectivity index (χ3n) is 2.71. The molecular formula is C16H12O4. The molecule has 0 saturated carbocycles. The van der Waals surface area contributed by atoms with E-state index >= 15 is 0 Å². The highest BCUT2D eigenvalue weighted by molar-refractivity contribution is 6.49. The second-order valence-electron chi connectivity index (χ2n) is 4.15. The molecule has 4 nitrogen and oxygen atoms in total. The molecule has 1 aromatic carbocycles. The fraction of sp³-hybridized carbons (Fsp3) is 0.0625. The summed E-state index contributed by atoms with van der Waals surface area (Å²) >= 11 is 0. The van der Waals surface area contributed by atoms with Crippen molar-refractivity contribution in [3.8, 4) is 0 Å². The van der Waals surface area contributed by atoms with Crippen molar-refractivity contribution >= 4 is 23.4 Å². The van der Waals surface area contributed by atoms with Crippen LogP contribution in [0, 0.1) is 0 Å². The van der Waals surface area contributed by atoms with Gasteiger partial charge in [-0.05, 0) is 23.8 Å². The summed E-state index contributed by atoms with van der Waals surface area (Å²) in [5.41, 5.74) is 1.33. The molecule has 1 aromatic heterocycles. The molecule has 0 saturated heterocycles. The number of furan rings is 1. The second-order valence-corrected chi connectivity index (χ2v) is 4.15. The Morgan fingerprint density at radius 2 is 1.75 bits per heavy atom. The first-order valence-electron chi connectivity index (χ1n) is 6.00. The van der Waals surface area contributed by atoms with Crippen molar-refractivity contribution in [2.24, 2.45) is 0 Å². The van der Waals surface area contributed by atoms with Gasteiger partial charge in [-0.2, -0.15) is 0 Å². The maximum atomic E-state index is 11.2. The van der Waals surface area contributed by atoms with Crippen LogP contribution in [0.3, 0.4) is 0 Å². The summed E-state index contributed by atoms with van der Waals surface area (Å²) in [6.07, 6.45) is 4.46. The Hall–Kier alpha value is -2.75. The van der Waals surface area contributed by atoms with E-state index in [1.54, 1.807) is 30.3 Å². The molecule has 0 N–H and O–H groups in total. The lowest BCUT2D eigenvalue weighted by molar-refractivity contribution is -0.110. The van der Waals surface area contributed by atoms with E-state index in [2.05, 4.69) is 0 Å². The van der Waals surface area contributed by atoms with Crippen molar-refractivity contribution in [1.29, 1.82) is 0 Å². The average molecular weight is 268 g/mol. The van der Waals surface area contributed by atoms with Gasteiger partial charge in [-0.3, -0.25) is 14.4 Å². The van der Waals surface area contributed by atoms with Crippen LogP contribution < -0.4 is 0 Å². The van der Waals surface area contributed by atoms with Crippen LogP contribution in [-0.4, -0.2) is 17.3 Å². The van der Waals surface area contributed by atoms with Crippen molar-refractivity contribution in [1.82, 2.24) is 0 Å². The number of Topliss-reactive ketones (excluding diaryl/α,β-unsaturated/α-hetero) is 2. The van der Waals surface area contributed by atoms with E-state index in [0.29, 0.717) is 11.3 Å². The molecule has 0 amide bonds. The van der Waals surface area contributed by atoms with Gasteiger partial charge in [-0.15, -0.1) is 0 Å². The average Bonchev–Trinajstić information content (AvgIpc) is 2.98. The molecule has 0 bridgehead atoms. The minimum absolute atomic E-state index is 0.0324. The molecule has 0 aliphatic heterocycles. The number of fused-ring (bicyclic) bond motifs is 1. The summed E-state index contributed by atoms with van der Waals surface area (Å²) in [5, 5.41) is 0. The van der Waals surface area contributed by atoms with Gasteiger partial charge in [0.1, 0.15) is 0 Å². The molecule has 0 atom stereocenters. The zero-order valence-electron chi connectivity index (χ0n) is 10.8. The standard InChI is InChI=1S/C10H6O2.C6H6O2/c11-9-6-5-7-3-1-2-4-8(7)10(9)12;1-5(7)6-3-2-4-8-6/h1-6H;2-4H,1H3. The molecule has 0 spiro atoms. The first-order chi connectivity index (χ1) is 9.59. The molecule has 2 aromatic rings. The molecule has 0 unspecified atom stereocenters. The zero-order valence-corrected chi connectivity index (χ0v) is 10.8. The molecule has 1 heterocycles. The van der Waals surface area contributed by atoms with Crippen molar-refractivity contribution in [3.05, 3.63) is 65.6 Å². The highest BCUT2D eigenvalue weighted by Gasteiger charge is 2.19. The van der Waals surface area contributed by atoms with Gasteiger partial charge >= 0.3 is 0 Å². The van der Waals surface area contributed by atoms with Gasteiger partial charge in [-0.1, -0.05) is 30.3 Å². The molecular weight excluding hydrogens is 256 g/mol. The topological polar surface area (TPSA) is 64.3 Å². The van der Waals surface area contributed by atoms with E-state index in [9.17, 15) is 14.4 Å². The maximum absolute atomic E-state index is 11.2. The van der Waals surface area contributed by atoms with Gasteiger partial charge in [0.15, 0.2) is 11.5 Å². The van der Waals surface area contributed by atoms with Gasteiger partial charge in [0.25, 0.3) is 0 Å². The monoisotopic (exact) mass is 268 g/mol. The van der Waals surface area contributed by atoms with E-state index in [1.807, 2.05) is 12.1 Å². The maximum Gasteiger partial charge on any atom is 0.233 e. The molecule has 100 valence electrons. The lowest BCUT2D eigenvalue weighted by Crippen LogP contribution is -2.15. The van der Waals surface area contributed by atoms with E-state index in [-0.39, 0.29) is 5.78 Å². The summed E-state index contributed by atoms with van der Waals surface area (Å²) < 4.78 is 4.75. The number of ketones is 3. The van der Waals surface area contributed by atoms with Crippen molar-refractivity contribution < 1.29 is 18.8 Å². The number of hydrogen-bond donors (Lipinski definition) is 0. The largest absolute Gasteiger partial charge is 0.461 e. The van der Waals surface area contributed by atoms with Gasteiger partial charge in [0, 0.05) is 12.5 Å². The number of benzene rings is 1. The van der Waals surface area contributed by atoms with Crippen molar-refractivity contribution in [2.45, 2.75) is 6.92 Å². The van der Waals surface area contributed by atoms with E-state index in [0.717, 1.165) is 5.56 Å². The van der Waals surface area contributed by atoms with Crippen LogP contribution in [0.5, 0.6) is 0 Å². The Bertz CT molecular complexity index is 678. The highest BCUT2D eigenvalue weighted by Crippen LogP contribution is 2.16. The third kappa shape index (κ3) is 2.98. The fourth-order valence-electron chi connectivity index (χ4n) is 1.70. The molecule has 0 radical (unpaired) electrons. The van der Waals surface area contributed by atoms with Crippen molar-refractivity contribution in [2.75, 3.05) is 0 Å². The summed E-state index contributed by atoms with van der Waals surface area (Å²) in [5.74, 6) is -0.457. The minimum Gasteiger partial charge on any atom is -0.461 e. The fourth-order valence-corrected chi connectivity index (χ4v) is 1.70. The van der Waals surface area contributed by atoms with Crippen LogP contribution in [0.25, 0.3) is 6.08 Å². The predicted octanol–water partition coefficient (Wildman–Crippen LogP) is 2.95. The van der Waals surface area contributed by atoms with Gasteiger partial charge in [0.05, 0.1) is 6.26 Å². The quantitative estimate of drug-likeness (QED) is 0.589. The molecule has 4 heteroatoms. The predicted molar refractivity (Wildman–Crippen MR) is 73.5 cm³/mol. The number of rotatable bonds is 1. The number of hydrogen-bond acceptors (Lipinski definition) is 4. The number of carbonyl (C=O) groups is 3. The molecule has 20 heavy (non-hydrogen) atoms. The van der Waals surface area contributed by atoms with Crippen LogP contribution in [-0.2, 0) is 4.79 Å². The Morgan fingerprint density at radius 1 is 1.00 bits per heavy atom. The Morgan fingerprint density at radius 3 is 2.35 bits per heavy atom. The van der Waals surface area contributed by atoms with Crippen LogP contribution in [0.15, 0.2) is 53.2 Å². The number of carbonyl (C=O) groups excluding carboxylic acids is 3. The molecule has 1 aliphatic carbocycles. The normalized spacial score (nSPS) is 12.4. The Labute approximate surface area is 115 Å². The number of allylic oxidation sites excluding steroid dienone is 1.